The van der Waals surface area contributed by atoms with Crippen molar-refractivity contribution in [2.24, 2.45) is 0 Å². The molecule has 1 aliphatic rings. The highest BCUT2D eigenvalue weighted by atomic mass is 32.1. The number of piperidine rings is 1. The van der Waals surface area contributed by atoms with E-state index in [0.717, 1.165) is 35.1 Å². The van der Waals surface area contributed by atoms with Crippen molar-refractivity contribution in [1.82, 2.24) is 4.90 Å². The van der Waals surface area contributed by atoms with Crippen molar-refractivity contribution in [1.29, 1.82) is 0 Å². The van der Waals surface area contributed by atoms with Crippen molar-refractivity contribution in [2.45, 2.75) is 44.7 Å². The second kappa shape index (κ2) is 7.62. The third-order valence-electron chi connectivity index (χ3n) is 4.72. The van der Waals surface area contributed by atoms with Crippen LogP contribution in [-0.4, -0.2) is 28.6 Å². The number of hydrogen-bond acceptors (Lipinski definition) is 3. The summed E-state index contributed by atoms with van der Waals surface area (Å²) in [4.78, 5) is 15.7. The van der Waals surface area contributed by atoms with Crippen LogP contribution in [0, 0.1) is 11.6 Å². The Morgan fingerprint density at radius 2 is 2.12 bits per heavy atom. The molecule has 0 bridgehead atoms. The molecule has 3 nitrogen and oxygen atoms in total. The minimum absolute atomic E-state index is 0.332. The van der Waals surface area contributed by atoms with E-state index in [1.165, 1.54) is 12.1 Å². The molecule has 1 N–H and O–H groups in total. The van der Waals surface area contributed by atoms with Gasteiger partial charge in [-0.25, -0.2) is 8.78 Å². The summed E-state index contributed by atoms with van der Waals surface area (Å²) in [6.07, 6.45) is 3.12. The third-order valence-corrected chi connectivity index (χ3v) is 6.00. The molecule has 0 amide bonds. The van der Waals surface area contributed by atoms with Crippen LogP contribution in [0.2, 0.25) is 0 Å². The van der Waals surface area contributed by atoms with Gasteiger partial charge in [-0.3, -0.25) is 9.69 Å². The molecule has 2 heterocycles. The van der Waals surface area contributed by atoms with Gasteiger partial charge in [-0.2, -0.15) is 0 Å². The summed E-state index contributed by atoms with van der Waals surface area (Å²) in [5, 5.41) is 9.62. The lowest BCUT2D eigenvalue weighted by Gasteiger charge is -2.39. The Hall–Kier alpha value is -1.79. The molecule has 3 rings (SSSR count). The molecule has 134 valence electrons. The number of benzene rings is 1. The molecule has 1 aliphatic heterocycles. The fourth-order valence-corrected chi connectivity index (χ4v) is 4.57. The summed E-state index contributed by atoms with van der Waals surface area (Å²) in [5.74, 6) is -2.15. The van der Waals surface area contributed by atoms with Crippen LogP contribution in [0.5, 0.6) is 0 Å². The summed E-state index contributed by atoms with van der Waals surface area (Å²) < 4.78 is 27.9. The van der Waals surface area contributed by atoms with E-state index in [9.17, 15) is 18.7 Å². The van der Waals surface area contributed by atoms with Crippen molar-refractivity contribution in [2.75, 3.05) is 6.54 Å². The number of thiophene rings is 1. The highest BCUT2D eigenvalue weighted by molar-refractivity contribution is 7.12. The largest absolute Gasteiger partial charge is 0.480 e. The van der Waals surface area contributed by atoms with Crippen LogP contribution in [0.1, 0.15) is 47.5 Å². The summed E-state index contributed by atoms with van der Waals surface area (Å²) >= 11 is 1.56. The van der Waals surface area contributed by atoms with Gasteiger partial charge < -0.3 is 5.11 Å². The molecule has 25 heavy (non-hydrogen) atoms. The fraction of sp³-hybridized carbons (Fsp3) is 0.421. The van der Waals surface area contributed by atoms with E-state index >= 15 is 0 Å². The van der Waals surface area contributed by atoms with E-state index in [1.807, 2.05) is 24.0 Å². The number of aryl methyl sites for hydroxylation is 1. The number of nitrogens with zero attached hydrogens (tertiary/aromatic N) is 1. The maximum Gasteiger partial charge on any atom is 0.320 e. The average molecular weight is 365 g/mol. The maximum absolute atomic E-state index is 14.5. The number of likely N-dealkylation sites (tertiary alicyclic amines) is 1. The Morgan fingerprint density at radius 3 is 2.76 bits per heavy atom. The third kappa shape index (κ3) is 3.75. The number of carboxylic acids is 1. The molecule has 1 fully saturated rings. The lowest BCUT2D eigenvalue weighted by molar-refractivity contribution is -0.145. The van der Waals surface area contributed by atoms with Gasteiger partial charge in [-0.05, 0) is 44.0 Å². The standard InChI is InChI=1S/C19H21F2NO2S/c1-2-13-7-9-17(25-13)18(14-8-6-12(20)11-15(14)21)22-10-4-3-5-16(22)19(23)24/h6-9,11,16,18H,2-5,10H2,1H3,(H,23,24). The minimum Gasteiger partial charge on any atom is -0.480 e. The van der Waals surface area contributed by atoms with Gasteiger partial charge in [0, 0.05) is 21.4 Å². The fourth-order valence-electron chi connectivity index (χ4n) is 3.48. The number of rotatable bonds is 5. The van der Waals surface area contributed by atoms with Crippen molar-refractivity contribution in [3.8, 4) is 0 Å². The quantitative estimate of drug-likeness (QED) is 0.841. The second-order valence-electron chi connectivity index (χ2n) is 6.31. The van der Waals surface area contributed by atoms with Crippen LogP contribution in [0.3, 0.4) is 0 Å². The van der Waals surface area contributed by atoms with Crippen LogP contribution in [0.4, 0.5) is 8.78 Å². The van der Waals surface area contributed by atoms with Crippen LogP contribution in [0.25, 0.3) is 0 Å². The molecule has 2 unspecified atom stereocenters. The molecule has 0 radical (unpaired) electrons. The van der Waals surface area contributed by atoms with Crippen molar-refractivity contribution >= 4 is 17.3 Å². The highest BCUT2D eigenvalue weighted by Gasteiger charge is 2.36. The second-order valence-corrected chi connectivity index (χ2v) is 7.51. The molecule has 0 aliphatic carbocycles. The van der Waals surface area contributed by atoms with Gasteiger partial charge >= 0.3 is 5.97 Å². The Labute approximate surface area is 149 Å². The van der Waals surface area contributed by atoms with Crippen molar-refractivity contribution in [3.05, 3.63) is 57.3 Å². The van der Waals surface area contributed by atoms with E-state index < -0.39 is 29.7 Å². The van der Waals surface area contributed by atoms with Gasteiger partial charge in [0.2, 0.25) is 0 Å². The van der Waals surface area contributed by atoms with E-state index in [-0.39, 0.29) is 0 Å². The van der Waals surface area contributed by atoms with Crippen LogP contribution in [-0.2, 0) is 11.2 Å². The van der Waals surface area contributed by atoms with Gasteiger partial charge in [0.25, 0.3) is 0 Å². The Kier molecular flexibility index (Phi) is 5.49. The molecule has 1 aromatic carbocycles. The summed E-state index contributed by atoms with van der Waals surface area (Å²) in [6.45, 7) is 2.63. The van der Waals surface area contributed by atoms with Gasteiger partial charge in [0.1, 0.15) is 17.7 Å². The molecule has 1 saturated heterocycles. The maximum atomic E-state index is 14.5. The first-order chi connectivity index (χ1) is 12.0. The topological polar surface area (TPSA) is 40.5 Å². The van der Waals surface area contributed by atoms with Gasteiger partial charge in [0.15, 0.2) is 0 Å². The molecule has 1 aromatic heterocycles. The Balaban J connectivity index is 2.09. The lowest BCUT2D eigenvalue weighted by atomic mass is 9.95. The number of aliphatic carboxylic acids is 1. The predicted molar refractivity (Wildman–Crippen MR) is 93.9 cm³/mol. The van der Waals surface area contributed by atoms with Crippen LogP contribution in [0.15, 0.2) is 30.3 Å². The molecular formula is C19H21F2NO2S. The van der Waals surface area contributed by atoms with Gasteiger partial charge in [-0.1, -0.05) is 19.4 Å². The number of halogens is 2. The van der Waals surface area contributed by atoms with Crippen LogP contribution < -0.4 is 0 Å². The molecule has 6 heteroatoms. The molecule has 0 spiro atoms. The highest BCUT2D eigenvalue weighted by Crippen LogP contribution is 2.38. The number of hydrogen-bond donors (Lipinski definition) is 1. The van der Waals surface area contributed by atoms with Crippen LogP contribution >= 0.6 is 11.3 Å². The van der Waals surface area contributed by atoms with Crippen molar-refractivity contribution < 1.29 is 18.7 Å². The smallest absolute Gasteiger partial charge is 0.320 e. The van der Waals surface area contributed by atoms with E-state index in [2.05, 4.69) is 0 Å². The first-order valence-corrected chi connectivity index (χ1v) is 9.35. The zero-order chi connectivity index (χ0) is 18.0. The zero-order valence-electron chi connectivity index (χ0n) is 14.0. The minimum atomic E-state index is -0.889. The average Bonchev–Trinajstić information content (AvgIpc) is 3.06. The molecule has 2 aromatic rings. The SMILES string of the molecule is CCc1ccc(C(c2ccc(F)cc2F)N2CCCCC2C(=O)O)s1. The predicted octanol–water partition coefficient (Wildman–Crippen LogP) is 4.62. The van der Waals surface area contributed by atoms with Crippen molar-refractivity contribution in [3.63, 3.8) is 0 Å². The molecule has 0 saturated carbocycles. The monoisotopic (exact) mass is 365 g/mol. The van der Waals surface area contributed by atoms with Gasteiger partial charge in [0.05, 0.1) is 6.04 Å². The molecular weight excluding hydrogens is 344 g/mol. The Bertz CT molecular complexity index is 762. The Morgan fingerprint density at radius 1 is 1.32 bits per heavy atom. The summed E-state index contributed by atoms with van der Waals surface area (Å²) in [5.41, 5.74) is 0.332. The number of carboxylic acid groups (broad SMARTS) is 1. The normalized spacial score (nSPS) is 19.7. The first kappa shape index (κ1) is 18.0. The van der Waals surface area contributed by atoms with E-state index in [4.69, 9.17) is 0 Å². The number of carbonyl (C=O) groups is 1. The van der Waals surface area contributed by atoms with Gasteiger partial charge in [-0.15, -0.1) is 11.3 Å². The first-order valence-electron chi connectivity index (χ1n) is 8.53. The van der Waals surface area contributed by atoms with E-state index in [1.54, 1.807) is 11.3 Å². The summed E-state index contributed by atoms with van der Waals surface area (Å²) in [6, 6.07) is 6.31. The lowest BCUT2D eigenvalue weighted by Crippen LogP contribution is -2.46. The summed E-state index contributed by atoms with van der Waals surface area (Å²) in [7, 11) is 0. The molecule has 2 atom stereocenters. The van der Waals surface area contributed by atoms with E-state index in [0.29, 0.717) is 18.5 Å². The zero-order valence-corrected chi connectivity index (χ0v) is 14.9.